The van der Waals surface area contributed by atoms with Crippen LogP contribution in [0.15, 0.2) is 56.8 Å². The first-order chi connectivity index (χ1) is 13.9. The molecule has 1 unspecified atom stereocenters. The Labute approximate surface area is 177 Å². The molecule has 2 N–H and O–H groups in total. The van der Waals surface area contributed by atoms with Crippen LogP contribution in [0.4, 0.5) is 5.69 Å². The van der Waals surface area contributed by atoms with Gasteiger partial charge in [0.1, 0.15) is 5.75 Å². The summed E-state index contributed by atoms with van der Waals surface area (Å²) < 4.78 is 11.6. The second-order valence-electron chi connectivity index (χ2n) is 6.29. The fraction of sp³-hybridized carbons (Fsp3) is 0.250. The van der Waals surface area contributed by atoms with Crippen LogP contribution in [0.5, 0.6) is 5.75 Å². The molecule has 0 spiro atoms. The van der Waals surface area contributed by atoms with Crippen LogP contribution in [-0.2, 0) is 4.79 Å². The molecule has 1 atom stereocenters. The fourth-order valence-corrected chi connectivity index (χ4v) is 3.78. The average Bonchev–Trinajstić information content (AvgIpc) is 3.09. The van der Waals surface area contributed by atoms with E-state index in [0.717, 1.165) is 17.3 Å². The molecule has 0 aliphatic carbocycles. The van der Waals surface area contributed by atoms with Crippen LogP contribution in [-0.4, -0.2) is 23.5 Å². The molecule has 2 aromatic carbocycles. The van der Waals surface area contributed by atoms with Crippen molar-refractivity contribution in [1.82, 2.24) is 5.27 Å². The molecule has 0 fully saturated rings. The highest BCUT2D eigenvalue weighted by Gasteiger charge is 2.30. The molecule has 3 rings (SSSR count). The van der Waals surface area contributed by atoms with Crippen LogP contribution in [0.2, 0.25) is 5.02 Å². The number of hydrogen-bond acceptors (Lipinski definition) is 5. The second-order valence-corrected chi connectivity index (χ2v) is 7.89. The number of halogens is 1. The minimum absolute atomic E-state index is 0.223. The smallest absolute Gasteiger partial charge is 0.442 e. The van der Waals surface area contributed by atoms with E-state index in [1.54, 1.807) is 43.5 Å². The molecule has 0 aliphatic heterocycles. The lowest BCUT2D eigenvalue weighted by Gasteiger charge is -2.12. The highest BCUT2D eigenvalue weighted by molar-refractivity contribution is 8.00. The lowest BCUT2D eigenvalue weighted by molar-refractivity contribution is -0.704. The van der Waals surface area contributed by atoms with Crippen molar-refractivity contribution in [3.05, 3.63) is 63.5 Å². The van der Waals surface area contributed by atoms with Gasteiger partial charge in [0, 0.05) is 22.8 Å². The average molecular weight is 435 g/mol. The summed E-state index contributed by atoms with van der Waals surface area (Å²) in [5.74, 6) is 0.469. The zero-order valence-electron chi connectivity index (χ0n) is 16.2. The number of rotatable bonds is 7. The number of carbonyl (C=O) groups excluding carboxylic acids is 1. The van der Waals surface area contributed by atoms with Gasteiger partial charge < -0.3 is 10.1 Å². The minimum Gasteiger partial charge on any atom is -0.497 e. The summed E-state index contributed by atoms with van der Waals surface area (Å²) >= 11 is 7.27. The summed E-state index contributed by atoms with van der Waals surface area (Å²) in [5, 5.41) is 5.78. The molecule has 1 amide bonds. The first kappa shape index (κ1) is 21.0. The summed E-state index contributed by atoms with van der Waals surface area (Å²) in [4.78, 5) is 25.0. The van der Waals surface area contributed by atoms with Crippen LogP contribution in [0.3, 0.4) is 0 Å². The molecule has 29 heavy (non-hydrogen) atoms. The number of thioether (sulfide) groups is 1. The van der Waals surface area contributed by atoms with E-state index in [0.29, 0.717) is 28.6 Å². The van der Waals surface area contributed by atoms with Crippen molar-refractivity contribution in [2.45, 2.75) is 30.5 Å². The van der Waals surface area contributed by atoms with Gasteiger partial charge in [0.2, 0.25) is 11.6 Å². The van der Waals surface area contributed by atoms with Gasteiger partial charge >= 0.3 is 10.7 Å². The number of aromatic amines is 1. The number of amides is 1. The molecule has 0 saturated carbocycles. The van der Waals surface area contributed by atoms with Gasteiger partial charge in [-0.3, -0.25) is 9.32 Å². The lowest BCUT2D eigenvalue weighted by Crippen LogP contribution is -2.37. The Hall–Kier alpha value is -2.71. The number of carbonyl (C=O) groups is 1. The van der Waals surface area contributed by atoms with Gasteiger partial charge in [0.25, 0.3) is 0 Å². The maximum atomic E-state index is 12.8. The fourth-order valence-electron chi connectivity index (χ4n) is 2.62. The second kappa shape index (κ2) is 9.19. The van der Waals surface area contributed by atoms with Crippen molar-refractivity contribution in [3.63, 3.8) is 0 Å². The Kier molecular flexibility index (Phi) is 6.66. The minimum atomic E-state index is -0.546. The first-order valence-corrected chi connectivity index (χ1v) is 10.2. The summed E-state index contributed by atoms with van der Waals surface area (Å²) in [5.41, 5.74) is 1.67. The maximum Gasteiger partial charge on any atom is 0.442 e. The summed E-state index contributed by atoms with van der Waals surface area (Å²) in [6.45, 7) is 3.77. The van der Waals surface area contributed by atoms with E-state index in [9.17, 15) is 9.59 Å². The third-order valence-electron chi connectivity index (χ3n) is 4.29. The van der Waals surface area contributed by atoms with Gasteiger partial charge in [-0.1, -0.05) is 24.6 Å². The molecule has 3 aromatic rings. The van der Waals surface area contributed by atoms with Crippen LogP contribution in [0.1, 0.15) is 18.9 Å². The van der Waals surface area contributed by atoms with E-state index >= 15 is 0 Å². The van der Waals surface area contributed by atoms with Gasteiger partial charge in [0.05, 0.1) is 12.4 Å². The van der Waals surface area contributed by atoms with Crippen LogP contribution >= 0.6 is 23.4 Å². The number of aromatic nitrogens is 2. The van der Waals surface area contributed by atoms with E-state index in [4.69, 9.17) is 20.9 Å². The Morgan fingerprint density at radius 2 is 2.03 bits per heavy atom. The van der Waals surface area contributed by atoms with E-state index in [1.165, 1.54) is 4.68 Å². The first-order valence-electron chi connectivity index (χ1n) is 8.94. The van der Waals surface area contributed by atoms with E-state index in [-0.39, 0.29) is 10.9 Å². The molecular formula is C20H21ClN3O4S+. The molecule has 0 bridgehead atoms. The van der Waals surface area contributed by atoms with Crippen molar-refractivity contribution in [2.75, 3.05) is 12.4 Å². The zero-order valence-corrected chi connectivity index (χ0v) is 17.8. The van der Waals surface area contributed by atoms with Crippen molar-refractivity contribution in [2.24, 2.45) is 0 Å². The molecule has 0 aliphatic rings. The number of ether oxygens (including phenoxy) is 1. The van der Waals surface area contributed by atoms with E-state index in [1.807, 2.05) is 19.9 Å². The molecule has 1 heterocycles. The zero-order chi connectivity index (χ0) is 21.0. The number of nitrogens with zero attached hydrogens (tertiary/aromatic N) is 1. The van der Waals surface area contributed by atoms with E-state index < -0.39 is 10.9 Å². The maximum absolute atomic E-state index is 12.8. The standard InChI is InChI=1S/C20H20ClN3O4S/c1-4-17(18(25)22-13-6-5-12(2)16(21)11-13)29-19-20(26)28-23-24(19)14-7-9-15(27-3)10-8-14/h5-11,17H,4H2,1-3H3,(H-,22,23,25,26)/p+1. The normalized spacial score (nSPS) is 11.9. The Balaban J connectivity index is 1.81. The number of H-pyrrole nitrogens is 1. The van der Waals surface area contributed by atoms with Gasteiger partial charge in [0.15, 0.2) is 0 Å². The largest absolute Gasteiger partial charge is 0.497 e. The molecule has 9 heteroatoms. The third kappa shape index (κ3) is 4.83. The molecular weight excluding hydrogens is 414 g/mol. The SMILES string of the molecule is CCC(Sc1c(=O)o[nH][n+]1-c1ccc(OC)cc1)C(=O)Nc1ccc(C)c(Cl)c1. The third-order valence-corrected chi connectivity index (χ3v) is 6.11. The highest BCUT2D eigenvalue weighted by Crippen LogP contribution is 2.25. The highest BCUT2D eigenvalue weighted by atomic mass is 35.5. The lowest BCUT2D eigenvalue weighted by atomic mass is 10.2. The van der Waals surface area contributed by atoms with Crippen molar-refractivity contribution in [1.29, 1.82) is 0 Å². The number of methoxy groups -OCH3 is 1. The number of nitrogens with one attached hydrogen (secondary N) is 2. The molecule has 7 nitrogen and oxygen atoms in total. The Bertz CT molecular complexity index is 1060. The van der Waals surface area contributed by atoms with E-state index in [2.05, 4.69) is 10.6 Å². The predicted octanol–water partition coefficient (Wildman–Crippen LogP) is 3.72. The monoisotopic (exact) mass is 434 g/mol. The van der Waals surface area contributed by atoms with Crippen LogP contribution in [0.25, 0.3) is 5.69 Å². The molecule has 152 valence electrons. The molecule has 1 aromatic heterocycles. The van der Waals surface area contributed by atoms with Crippen molar-refractivity contribution >= 4 is 35.0 Å². The summed E-state index contributed by atoms with van der Waals surface area (Å²) in [6.07, 6.45) is 0.517. The van der Waals surface area contributed by atoms with Crippen LogP contribution in [0, 0.1) is 6.92 Å². The van der Waals surface area contributed by atoms with Gasteiger partial charge in [-0.15, -0.1) is 0 Å². The molecule has 0 radical (unpaired) electrons. The van der Waals surface area contributed by atoms with Crippen molar-refractivity contribution in [3.8, 4) is 11.4 Å². The topological polar surface area (TPSA) is 88.2 Å². The van der Waals surface area contributed by atoms with Gasteiger partial charge in [-0.25, -0.2) is 4.79 Å². The predicted molar refractivity (Wildman–Crippen MR) is 112 cm³/mol. The number of anilines is 1. The number of aryl methyl sites for hydroxylation is 1. The summed E-state index contributed by atoms with van der Waals surface area (Å²) in [6, 6.07) is 12.4. The number of benzene rings is 2. The number of hydrogen-bond donors (Lipinski definition) is 2. The van der Waals surface area contributed by atoms with Crippen LogP contribution < -0.4 is 20.4 Å². The molecule has 0 saturated heterocycles. The Morgan fingerprint density at radius 3 is 2.66 bits per heavy atom. The Morgan fingerprint density at radius 1 is 1.31 bits per heavy atom. The van der Waals surface area contributed by atoms with Gasteiger partial charge in [-0.05, 0) is 64.9 Å². The summed E-state index contributed by atoms with van der Waals surface area (Å²) in [7, 11) is 1.58. The van der Waals surface area contributed by atoms with Gasteiger partial charge in [-0.2, -0.15) is 0 Å². The van der Waals surface area contributed by atoms with Crippen molar-refractivity contribution < 1.29 is 18.7 Å². The quantitative estimate of drug-likeness (QED) is 0.437.